The minimum Gasteiger partial charge on any atom is -0.366 e. The maximum Gasteiger partial charge on any atom is 0.224 e. The first-order chi connectivity index (χ1) is 6.76. The second kappa shape index (κ2) is 5.46. The standard InChI is InChI=1S/C10H12ClN3/c1-3-5-8(4-2)13-9-6-7-12-10(11)14-9/h1,6-8H,4-5H2,2H3,(H,12,13,14). The van der Waals surface area contributed by atoms with E-state index < -0.39 is 0 Å². The number of rotatable bonds is 4. The summed E-state index contributed by atoms with van der Waals surface area (Å²) in [5.41, 5.74) is 0. The van der Waals surface area contributed by atoms with Crippen molar-refractivity contribution < 1.29 is 0 Å². The van der Waals surface area contributed by atoms with Crippen LogP contribution in [0.4, 0.5) is 5.82 Å². The van der Waals surface area contributed by atoms with Crippen LogP contribution >= 0.6 is 11.6 Å². The van der Waals surface area contributed by atoms with Crippen molar-refractivity contribution in [3.63, 3.8) is 0 Å². The van der Waals surface area contributed by atoms with Gasteiger partial charge in [0.25, 0.3) is 0 Å². The molecule has 1 heterocycles. The lowest BCUT2D eigenvalue weighted by atomic mass is 10.1. The van der Waals surface area contributed by atoms with Gasteiger partial charge in [-0.3, -0.25) is 0 Å². The number of anilines is 1. The summed E-state index contributed by atoms with van der Waals surface area (Å²) in [4.78, 5) is 7.81. The van der Waals surface area contributed by atoms with Gasteiger partial charge in [-0.2, -0.15) is 0 Å². The highest BCUT2D eigenvalue weighted by Crippen LogP contribution is 2.10. The smallest absolute Gasteiger partial charge is 0.224 e. The fourth-order valence-corrected chi connectivity index (χ4v) is 1.21. The van der Waals surface area contributed by atoms with Crippen molar-refractivity contribution in [3.05, 3.63) is 17.5 Å². The minimum atomic E-state index is 0.241. The predicted octanol–water partition coefficient (Wildman–Crippen LogP) is 2.34. The van der Waals surface area contributed by atoms with Gasteiger partial charge >= 0.3 is 0 Å². The number of nitrogens with one attached hydrogen (secondary N) is 1. The van der Waals surface area contributed by atoms with Gasteiger partial charge in [-0.1, -0.05) is 6.92 Å². The average Bonchev–Trinajstić information content (AvgIpc) is 2.17. The van der Waals surface area contributed by atoms with Gasteiger partial charge in [-0.05, 0) is 24.1 Å². The lowest BCUT2D eigenvalue weighted by Gasteiger charge is -2.14. The van der Waals surface area contributed by atoms with E-state index in [-0.39, 0.29) is 11.3 Å². The van der Waals surface area contributed by atoms with Gasteiger partial charge in [0.05, 0.1) is 0 Å². The summed E-state index contributed by atoms with van der Waals surface area (Å²) in [7, 11) is 0. The summed E-state index contributed by atoms with van der Waals surface area (Å²) in [5, 5.41) is 3.43. The van der Waals surface area contributed by atoms with Gasteiger partial charge < -0.3 is 5.32 Å². The minimum absolute atomic E-state index is 0.241. The summed E-state index contributed by atoms with van der Waals surface area (Å²) >= 11 is 5.65. The second-order valence-corrected chi connectivity index (χ2v) is 3.21. The molecule has 0 bridgehead atoms. The molecule has 1 unspecified atom stereocenters. The molecule has 1 atom stereocenters. The average molecular weight is 210 g/mol. The summed E-state index contributed by atoms with van der Waals surface area (Å²) in [6, 6.07) is 2.01. The van der Waals surface area contributed by atoms with Crippen LogP contribution in [0.5, 0.6) is 0 Å². The van der Waals surface area contributed by atoms with E-state index in [2.05, 4.69) is 28.1 Å². The Labute approximate surface area is 88.9 Å². The first-order valence-corrected chi connectivity index (χ1v) is 4.82. The SMILES string of the molecule is C#CCC(CC)Nc1ccnc(Cl)n1. The molecule has 0 fully saturated rings. The molecule has 0 spiro atoms. The van der Waals surface area contributed by atoms with E-state index in [4.69, 9.17) is 18.0 Å². The van der Waals surface area contributed by atoms with Crippen molar-refractivity contribution in [1.29, 1.82) is 0 Å². The topological polar surface area (TPSA) is 37.8 Å². The third kappa shape index (κ3) is 3.23. The van der Waals surface area contributed by atoms with Gasteiger partial charge in [0.15, 0.2) is 0 Å². The monoisotopic (exact) mass is 209 g/mol. The zero-order valence-electron chi connectivity index (χ0n) is 8.00. The van der Waals surface area contributed by atoms with Crippen molar-refractivity contribution in [2.24, 2.45) is 0 Å². The van der Waals surface area contributed by atoms with Gasteiger partial charge in [-0.25, -0.2) is 9.97 Å². The van der Waals surface area contributed by atoms with Crippen LogP contribution in [0.15, 0.2) is 12.3 Å². The zero-order chi connectivity index (χ0) is 10.4. The van der Waals surface area contributed by atoms with Crippen molar-refractivity contribution in [3.8, 4) is 12.3 Å². The Kier molecular flexibility index (Phi) is 4.21. The van der Waals surface area contributed by atoms with Crippen LogP contribution in [-0.4, -0.2) is 16.0 Å². The number of hydrogen-bond acceptors (Lipinski definition) is 3. The molecule has 0 aliphatic carbocycles. The largest absolute Gasteiger partial charge is 0.366 e. The van der Waals surface area contributed by atoms with E-state index in [0.29, 0.717) is 12.2 Å². The highest BCUT2D eigenvalue weighted by molar-refractivity contribution is 6.28. The molecular formula is C10H12ClN3. The number of terminal acetylenes is 1. The van der Waals surface area contributed by atoms with Gasteiger partial charge in [0, 0.05) is 18.7 Å². The van der Waals surface area contributed by atoms with E-state index in [0.717, 1.165) is 6.42 Å². The highest BCUT2D eigenvalue weighted by atomic mass is 35.5. The molecule has 74 valence electrons. The Morgan fingerprint density at radius 3 is 3.07 bits per heavy atom. The molecule has 1 aromatic heterocycles. The van der Waals surface area contributed by atoms with Gasteiger partial charge in [0.2, 0.25) is 5.28 Å². The Morgan fingerprint density at radius 1 is 1.71 bits per heavy atom. The number of halogens is 1. The summed E-state index contributed by atoms with van der Waals surface area (Å²) in [5.74, 6) is 3.33. The highest BCUT2D eigenvalue weighted by Gasteiger charge is 2.05. The molecule has 14 heavy (non-hydrogen) atoms. The Balaban J connectivity index is 2.63. The molecular weight excluding hydrogens is 198 g/mol. The number of hydrogen-bond donors (Lipinski definition) is 1. The second-order valence-electron chi connectivity index (χ2n) is 2.87. The van der Waals surface area contributed by atoms with Gasteiger partial charge in [0.1, 0.15) is 5.82 Å². The maximum absolute atomic E-state index is 5.65. The van der Waals surface area contributed by atoms with Crippen LogP contribution in [0.3, 0.4) is 0 Å². The van der Waals surface area contributed by atoms with Crippen molar-refractivity contribution in [2.75, 3.05) is 5.32 Å². The van der Waals surface area contributed by atoms with Crippen LogP contribution < -0.4 is 5.32 Å². The van der Waals surface area contributed by atoms with Crippen LogP contribution in [-0.2, 0) is 0 Å². The first kappa shape index (κ1) is 10.8. The maximum atomic E-state index is 5.65. The molecule has 0 aliphatic heterocycles. The van der Waals surface area contributed by atoms with E-state index in [1.54, 1.807) is 12.3 Å². The van der Waals surface area contributed by atoms with E-state index in [9.17, 15) is 0 Å². The van der Waals surface area contributed by atoms with Gasteiger partial charge in [-0.15, -0.1) is 12.3 Å². The zero-order valence-corrected chi connectivity index (χ0v) is 8.75. The molecule has 0 aliphatic rings. The molecule has 0 saturated carbocycles. The van der Waals surface area contributed by atoms with Crippen LogP contribution in [0, 0.1) is 12.3 Å². The Bertz CT molecular complexity index is 332. The predicted molar refractivity (Wildman–Crippen MR) is 58.2 cm³/mol. The molecule has 1 aromatic rings. The molecule has 1 N–H and O–H groups in total. The normalized spacial score (nSPS) is 11.8. The van der Waals surface area contributed by atoms with E-state index in [1.165, 1.54) is 0 Å². The summed E-state index contributed by atoms with van der Waals surface area (Å²) in [6.07, 6.45) is 8.48. The van der Waals surface area contributed by atoms with E-state index >= 15 is 0 Å². The molecule has 0 radical (unpaired) electrons. The summed E-state index contributed by atoms with van der Waals surface area (Å²) in [6.45, 7) is 2.07. The third-order valence-corrected chi connectivity index (χ3v) is 2.02. The first-order valence-electron chi connectivity index (χ1n) is 4.44. The number of nitrogens with zero attached hydrogens (tertiary/aromatic N) is 2. The summed E-state index contributed by atoms with van der Waals surface area (Å²) < 4.78 is 0. The van der Waals surface area contributed by atoms with Crippen molar-refractivity contribution >= 4 is 17.4 Å². The number of aromatic nitrogens is 2. The lowest BCUT2D eigenvalue weighted by Crippen LogP contribution is -2.18. The fraction of sp³-hybridized carbons (Fsp3) is 0.400. The Morgan fingerprint density at radius 2 is 2.50 bits per heavy atom. The molecule has 0 saturated heterocycles. The molecule has 3 nitrogen and oxygen atoms in total. The lowest BCUT2D eigenvalue weighted by molar-refractivity contribution is 0.711. The third-order valence-electron chi connectivity index (χ3n) is 1.84. The quantitative estimate of drug-likeness (QED) is 0.611. The molecule has 4 heteroatoms. The Hall–Kier alpha value is -1.27. The van der Waals surface area contributed by atoms with E-state index in [1.807, 2.05) is 0 Å². The molecule has 0 aromatic carbocycles. The van der Waals surface area contributed by atoms with Crippen molar-refractivity contribution in [2.45, 2.75) is 25.8 Å². The van der Waals surface area contributed by atoms with Crippen molar-refractivity contribution in [1.82, 2.24) is 9.97 Å². The van der Waals surface area contributed by atoms with Crippen LogP contribution in [0.25, 0.3) is 0 Å². The van der Waals surface area contributed by atoms with Crippen LogP contribution in [0.2, 0.25) is 5.28 Å². The molecule has 1 rings (SSSR count). The fourth-order valence-electron chi connectivity index (χ4n) is 1.06. The van der Waals surface area contributed by atoms with Crippen LogP contribution in [0.1, 0.15) is 19.8 Å². The molecule has 0 amide bonds.